The van der Waals surface area contributed by atoms with Crippen molar-refractivity contribution in [1.29, 1.82) is 0 Å². The van der Waals surface area contributed by atoms with Crippen LogP contribution in [-0.2, 0) is 0 Å². The summed E-state index contributed by atoms with van der Waals surface area (Å²) in [5, 5.41) is 3.94. The lowest BCUT2D eigenvalue weighted by Gasteiger charge is -2.10. The van der Waals surface area contributed by atoms with E-state index in [1.165, 1.54) is 128 Å². The molecule has 0 aliphatic rings. The minimum Gasteiger partial charge on any atom is -0.134 e. The Labute approximate surface area is 414 Å². The SMILES string of the molecule is c1ccc(-c2cc(-c3ccccc3)cc(-c3cc4c(s3)c3cc(-c5cc(-c6ccccc6)cc(-c6ccccc6)c5)sc3c3cc(-c5cc(-c6ccccc6)cc(-c6ccccc6)c5)sc43)c2)cc1. The standard InChI is InChI=1S/C66H42S3/c1-7-19-43(20-8-1)49-31-50(44-21-9-2-10-22-44)35-55(34-49)61-40-58-64(67-61)59-41-62(56-36-51(45-23-11-3-12-24-45)32-52(37-56)46-25-13-4-14-26-46)69-66(59)60-42-63(68-65(58)60)57-38-53(47-27-15-5-16-28-47)33-54(39-57)48-29-17-6-18-30-48/h1-42H. The van der Waals surface area contributed by atoms with Gasteiger partial charge in [0.05, 0.1) is 0 Å². The van der Waals surface area contributed by atoms with Gasteiger partial charge in [-0.05, 0) is 156 Å². The third-order valence-electron chi connectivity index (χ3n) is 13.2. The first-order chi connectivity index (χ1) is 34.1. The van der Waals surface area contributed by atoms with E-state index in [9.17, 15) is 0 Å². The molecule has 0 unspecified atom stereocenters. The topological polar surface area (TPSA) is 0 Å². The fraction of sp³-hybridized carbons (Fsp3) is 0. The van der Waals surface area contributed by atoms with Crippen molar-refractivity contribution < 1.29 is 0 Å². The van der Waals surface area contributed by atoms with E-state index >= 15 is 0 Å². The molecule has 0 radical (unpaired) electrons. The first kappa shape index (κ1) is 41.3. The van der Waals surface area contributed by atoms with E-state index in [1.807, 2.05) is 34.0 Å². The average Bonchev–Trinajstić information content (AvgIpc) is 4.21. The minimum atomic E-state index is 1.22. The van der Waals surface area contributed by atoms with Crippen LogP contribution in [0.15, 0.2) is 255 Å². The zero-order chi connectivity index (χ0) is 45.7. The van der Waals surface area contributed by atoms with Crippen molar-refractivity contribution in [1.82, 2.24) is 0 Å². The van der Waals surface area contributed by atoms with Gasteiger partial charge in [0.15, 0.2) is 0 Å². The highest BCUT2D eigenvalue weighted by Gasteiger charge is 2.21. The third kappa shape index (κ3) is 7.91. The average molecular weight is 931 g/mol. The van der Waals surface area contributed by atoms with Gasteiger partial charge in [-0.2, -0.15) is 0 Å². The van der Waals surface area contributed by atoms with Gasteiger partial charge in [0.1, 0.15) is 0 Å². The maximum absolute atomic E-state index is 2.48. The number of fused-ring (bicyclic) bond motifs is 6. The highest BCUT2D eigenvalue weighted by molar-refractivity contribution is 7.29. The number of thiophene rings is 3. The zero-order valence-electron chi connectivity index (χ0n) is 37.5. The molecule has 0 spiro atoms. The molecule has 0 aliphatic carbocycles. The molecule has 3 heterocycles. The molecule has 13 aromatic rings. The molecule has 0 amide bonds. The predicted molar refractivity (Wildman–Crippen MR) is 302 cm³/mol. The molecule has 3 heteroatoms. The first-order valence-electron chi connectivity index (χ1n) is 23.4. The predicted octanol–water partition coefficient (Wildman–Crippen LogP) is 20.3. The zero-order valence-corrected chi connectivity index (χ0v) is 39.9. The number of rotatable bonds is 9. The Balaban J connectivity index is 1.06. The van der Waals surface area contributed by atoms with Gasteiger partial charge in [-0.1, -0.05) is 182 Å². The molecule has 324 valence electrons. The summed E-state index contributed by atoms with van der Waals surface area (Å²) in [4.78, 5) is 3.81. The van der Waals surface area contributed by atoms with Crippen LogP contribution in [0.5, 0.6) is 0 Å². The second kappa shape index (κ2) is 17.6. The van der Waals surface area contributed by atoms with Crippen LogP contribution < -0.4 is 0 Å². The molecule has 69 heavy (non-hydrogen) atoms. The molecule has 0 atom stereocenters. The van der Waals surface area contributed by atoms with E-state index in [0.29, 0.717) is 0 Å². The lowest BCUT2D eigenvalue weighted by molar-refractivity contribution is 1.59. The Morgan fingerprint density at radius 1 is 0.159 bits per heavy atom. The molecule has 0 saturated carbocycles. The van der Waals surface area contributed by atoms with Crippen molar-refractivity contribution in [2.24, 2.45) is 0 Å². The number of benzene rings is 10. The van der Waals surface area contributed by atoms with E-state index < -0.39 is 0 Å². The lowest BCUT2D eigenvalue weighted by atomic mass is 9.95. The van der Waals surface area contributed by atoms with Crippen molar-refractivity contribution in [3.05, 3.63) is 255 Å². The van der Waals surface area contributed by atoms with Crippen molar-refractivity contribution in [3.63, 3.8) is 0 Å². The summed E-state index contributed by atoms with van der Waals surface area (Å²) >= 11 is 5.79. The van der Waals surface area contributed by atoms with Crippen LogP contribution in [0.4, 0.5) is 0 Å². The van der Waals surface area contributed by atoms with Gasteiger partial charge >= 0.3 is 0 Å². The maximum atomic E-state index is 2.48. The van der Waals surface area contributed by atoms with Crippen LogP contribution in [-0.4, -0.2) is 0 Å². The van der Waals surface area contributed by atoms with E-state index in [0.717, 1.165) is 0 Å². The molecule has 13 rings (SSSR count). The summed E-state index contributed by atoms with van der Waals surface area (Å²) in [6, 6.07) is 93.7. The molecule has 0 nitrogen and oxygen atoms in total. The van der Waals surface area contributed by atoms with E-state index in [-0.39, 0.29) is 0 Å². The number of hydrogen-bond donors (Lipinski definition) is 0. The lowest BCUT2D eigenvalue weighted by Crippen LogP contribution is -1.84. The highest BCUT2D eigenvalue weighted by Crippen LogP contribution is 2.52. The minimum absolute atomic E-state index is 1.22. The summed E-state index contributed by atoms with van der Waals surface area (Å²) in [6.45, 7) is 0. The van der Waals surface area contributed by atoms with Crippen molar-refractivity contribution in [2.75, 3.05) is 0 Å². The molecule has 3 aromatic heterocycles. The van der Waals surface area contributed by atoms with Crippen LogP contribution in [0.3, 0.4) is 0 Å². The fourth-order valence-electron chi connectivity index (χ4n) is 9.80. The third-order valence-corrected chi connectivity index (χ3v) is 16.9. The summed E-state index contributed by atoms with van der Waals surface area (Å²) in [5.41, 5.74) is 18.3. The molecule has 0 fully saturated rings. The Hall–Kier alpha value is -7.92. The summed E-state index contributed by atoms with van der Waals surface area (Å²) < 4.78 is 4.00. The Morgan fingerprint density at radius 2 is 0.333 bits per heavy atom. The van der Waals surface area contributed by atoms with Gasteiger partial charge in [0, 0.05) is 44.9 Å². The van der Waals surface area contributed by atoms with Crippen molar-refractivity contribution in [3.8, 4) is 98.1 Å². The first-order valence-corrected chi connectivity index (χ1v) is 25.8. The monoisotopic (exact) mass is 930 g/mol. The Bertz CT molecular complexity index is 3270. The van der Waals surface area contributed by atoms with Crippen LogP contribution in [0.1, 0.15) is 0 Å². The second-order valence-electron chi connectivity index (χ2n) is 17.7. The van der Waals surface area contributed by atoms with E-state index in [4.69, 9.17) is 0 Å². The van der Waals surface area contributed by atoms with Gasteiger partial charge in [0.25, 0.3) is 0 Å². The van der Waals surface area contributed by atoms with Crippen LogP contribution in [0.25, 0.3) is 128 Å². The second-order valence-corrected chi connectivity index (χ2v) is 20.8. The summed E-state index contributed by atoms with van der Waals surface area (Å²) in [5.74, 6) is 0. The van der Waals surface area contributed by atoms with Crippen LogP contribution in [0.2, 0.25) is 0 Å². The summed E-state index contributed by atoms with van der Waals surface area (Å²) in [6.07, 6.45) is 0. The largest absolute Gasteiger partial charge is 0.134 e. The quantitative estimate of drug-likeness (QED) is 0.135. The molecule has 10 aromatic carbocycles. The molecule has 0 bridgehead atoms. The maximum Gasteiger partial charge on any atom is 0.0451 e. The van der Waals surface area contributed by atoms with Gasteiger partial charge in [-0.25, -0.2) is 0 Å². The van der Waals surface area contributed by atoms with Crippen molar-refractivity contribution in [2.45, 2.75) is 0 Å². The molecular weight excluding hydrogens is 889 g/mol. The normalized spacial score (nSPS) is 11.5. The molecular formula is C66H42S3. The Kier molecular flexibility index (Phi) is 10.5. The van der Waals surface area contributed by atoms with Gasteiger partial charge < -0.3 is 0 Å². The van der Waals surface area contributed by atoms with E-state index in [1.54, 1.807) is 0 Å². The van der Waals surface area contributed by atoms with E-state index in [2.05, 4.69) is 255 Å². The highest BCUT2D eigenvalue weighted by atomic mass is 32.1. The van der Waals surface area contributed by atoms with Gasteiger partial charge in [0.2, 0.25) is 0 Å². The van der Waals surface area contributed by atoms with Gasteiger partial charge in [-0.3, -0.25) is 0 Å². The Morgan fingerprint density at radius 3 is 0.522 bits per heavy atom. The molecule has 0 aliphatic heterocycles. The summed E-state index contributed by atoms with van der Waals surface area (Å²) in [7, 11) is 0. The van der Waals surface area contributed by atoms with Crippen LogP contribution in [0, 0.1) is 0 Å². The van der Waals surface area contributed by atoms with Crippen LogP contribution >= 0.6 is 34.0 Å². The fourth-order valence-corrected chi connectivity index (χ4v) is 13.5. The van der Waals surface area contributed by atoms with Gasteiger partial charge in [-0.15, -0.1) is 34.0 Å². The molecule has 0 saturated heterocycles. The van der Waals surface area contributed by atoms with Crippen molar-refractivity contribution >= 4 is 64.3 Å². The smallest absolute Gasteiger partial charge is 0.0451 e. The number of hydrogen-bond acceptors (Lipinski definition) is 3. The molecule has 0 N–H and O–H groups in total.